The van der Waals surface area contributed by atoms with Crippen molar-refractivity contribution >= 4 is 17.2 Å². The Kier molecular flexibility index (Phi) is 5.52. The van der Waals surface area contributed by atoms with Gasteiger partial charge in [0.15, 0.2) is 0 Å². The van der Waals surface area contributed by atoms with Crippen LogP contribution < -0.4 is 5.32 Å². The topological polar surface area (TPSA) is 71.0 Å². The van der Waals surface area contributed by atoms with E-state index in [1.165, 1.54) is 0 Å². The number of hydrogen-bond acceptors (Lipinski definition) is 6. The highest BCUT2D eigenvalue weighted by Crippen LogP contribution is 2.27. The number of aromatic nitrogens is 3. The highest BCUT2D eigenvalue weighted by Gasteiger charge is 2.22. The summed E-state index contributed by atoms with van der Waals surface area (Å²) in [6.07, 6.45) is 5.94. The molecule has 0 saturated carbocycles. The van der Waals surface area contributed by atoms with Crippen LogP contribution in [0.2, 0.25) is 0 Å². The van der Waals surface area contributed by atoms with Crippen molar-refractivity contribution < 1.29 is 4.79 Å². The number of hydrogen-bond donors (Lipinski definition) is 1. The molecule has 1 saturated heterocycles. The van der Waals surface area contributed by atoms with Gasteiger partial charge >= 0.3 is 0 Å². The van der Waals surface area contributed by atoms with E-state index in [9.17, 15) is 4.79 Å². The maximum atomic E-state index is 12.1. The predicted octanol–water partition coefficient (Wildman–Crippen LogP) is 1.91. The number of rotatable bonds is 5. The van der Waals surface area contributed by atoms with Gasteiger partial charge in [0.1, 0.15) is 0 Å². The van der Waals surface area contributed by atoms with Crippen molar-refractivity contribution in [1.29, 1.82) is 0 Å². The van der Waals surface area contributed by atoms with E-state index in [-0.39, 0.29) is 5.91 Å². The maximum absolute atomic E-state index is 12.1. The number of carbonyl (C=O) groups is 1. The Morgan fingerprint density at radius 3 is 2.79 bits per heavy atom. The second-order valence-electron chi connectivity index (χ2n) is 6.28. The van der Waals surface area contributed by atoms with Crippen LogP contribution in [-0.2, 0) is 17.8 Å². The first-order valence-corrected chi connectivity index (χ1v) is 9.16. The van der Waals surface area contributed by atoms with Crippen LogP contribution in [0.15, 0.2) is 17.8 Å². The summed E-state index contributed by atoms with van der Waals surface area (Å²) in [6.45, 7) is 4.53. The minimum Gasteiger partial charge on any atom is -0.350 e. The molecular formula is C17H23N5OS. The fourth-order valence-corrected chi connectivity index (χ4v) is 3.65. The molecule has 2 aromatic heterocycles. The van der Waals surface area contributed by atoms with Gasteiger partial charge in [0, 0.05) is 23.7 Å². The molecule has 1 amide bonds. The van der Waals surface area contributed by atoms with Crippen molar-refractivity contribution in [1.82, 2.24) is 25.2 Å². The molecule has 1 N–H and O–H groups in total. The largest absolute Gasteiger partial charge is 0.350 e. The second-order valence-corrected chi connectivity index (χ2v) is 7.34. The van der Waals surface area contributed by atoms with Crippen molar-refractivity contribution in [2.75, 3.05) is 20.1 Å². The first-order chi connectivity index (χ1) is 11.6. The zero-order valence-electron chi connectivity index (χ0n) is 14.2. The third kappa shape index (κ3) is 4.36. The van der Waals surface area contributed by atoms with Gasteiger partial charge in [-0.15, -0.1) is 11.3 Å². The molecule has 0 unspecified atom stereocenters. The van der Waals surface area contributed by atoms with Crippen LogP contribution >= 0.6 is 11.3 Å². The van der Waals surface area contributed by atoms with Crippen LogP contribution in [0.5, 0.6) is 0 Å². The van der Waals surface area contributed by atoms with Crippen LogP contribution in [0.25, 0.3) is 0 Å². The van der Waals surface area contributed by atoms with E-state index in [0.717, 1.165) is 48.0 Å². The molecule has 0 aliphatic carbocycles. The van der Waals surface area contributed by atoms with Gasteiger partial charge in [-0.2, -0.15) is 0 Å². The fraction of sp³-hybridized carbons (Fsp3) is 0.529. The zero-order valence-corrected chi connectivity index (χ0v) is 15.0. The number of aryl methyl sites for hydroxylation is 1. The Balaban J connectivity index is 1.59. The SMILES string of the molecule is Cc1nc(CC(=O)NCc2nccnc2C2CCN(C)CC2)cs1. The normalized spacial score (nSPS) is 16.2. The van der Waals surface area contributed by atoms with Crippen LogP contribution in [0.4, 0.5) is 0 Å². The van der Waals surface area contributed by atoms with Gasteiger partial charge in [-0.05, 0) is 39.9 Å². The van der Waals surface area contributed by atoms with E-state index in [1.54, 1.807) is 23.7 Å². The van der Waals surface area contributed by atoms with E-state index < -0.39 is 0 Å². The van der Waals surface area contributed by atoms with Crippen LogP contribution in [-0.4, -0.2) is 45.9 Å². The highest BCUT2D eigenvalue weighted by atomic mass is 32.1. The highest BCUT2D eigenvalue weighted by molar-refractivity contribution is 7.09. The average molecular weight is 345 g/mol. The van der Waals surface area contributed by atoms with Crippen molar-refractivity contribution in [2.24, 2.45) is 0 Å². The van der Waals surface area contributed by atoms with Crippen molar-refractivity contribution in [3.63, 3.8) is 0 Å². The molecule has 0 radical (unpaired) electrons. The maximum Gasteiger partial charge on any atom is 0.226 e. The molecule has 24 heavy (non-hydrogen) atoms. The first-order valence-electron chi connectivity index (χ1n) is 8.28. The monoisotopic (exact) mass is 345 g/mol. The second kappa shape index (κ2) is 7.81. The average Bonchev–Trinajstić information content (AvgIpc) is 2.99. The third-order valence-electron chi connectivity index (χ3n) is 4.37. The lowest BCUT2D eigenvalue weighted by Crippen LogP contribution is -2.31. The molecule has 7 heteroatoms. The fourth-order valence-electron chi connectivity index (χ4n) is 3.04. The Hall–Kier alpha value is -1.86. The molecule has 2 aromatic rings. The van der Waals surface area contributed by atoms with Crippen LogP contribution in [0, 0.1) is 6.92 Å². The lowest BCUT2D eigenvalue weighted by molar-refractivity contribution is -0.120. The lowest BCUT2D eigenvalue weighted by Gasteiger charge is -2.29. The van der Waals surface area contributed by atoms with Gasteiger partial charge < -0.3 is 10.2 Å². The van der Waals surface area contributed by atoms with E-state index >= 15 is 0 Å². The molecule has 1 aliphatic heterocycles. The molecule has 128 valence electrons. The Morgan fingerprint density at radius 2 is 2.08 bits per heavy atom. The summed E-state index contributed by atoms with van der Waals surface area (Å²) in [6, 6.07) is 0. The predicted molar refractivity (Wildman–Crippen MR) is 93.9 cm³/mol. The number of likely N-dealkylation sites (tertiary alicyclic amines) is 1. The molecule has 0 bridgehead atoms. The molecule has 0 atom stereocenters. The van der Waals surface area contributed by atoms with Gasteiger partial charge in [0.05, 0.1) is 35.1 Å². The van der Waals surface area contributed by atoms with Crippen molar-refractivity contribution in [3.05, 3.63) is 39.9 Å². The van der Waals surface area contributed by atoms with Gasteiger partial charge in [-0.1, -0.05) is 0 Å². The molecule has 6 nitrogen and oxygen atoms in total. The Morgan fingerprint density at radius 1 is 1.33 bits per heavy atom. The molecule has 3 heterocycles. The van der Waals surface area contributed by atoms with Gasteiger partial charge in [-0.3, -0.25) is 14.8 Å². The third-order valence-corrected chi connectivity index (χ3v) is 5.20. The molecule has 3 rings (SSSR count). The summed E-state index contributed by atoms with van der Waals surface area (Å²) < 4.78 is 0. The summed E-state index contributed by atoms with van der Waals surface area (Å²) in [5.41, 5.74) is 2.75. The summed E-state index contributed by atoms with van der Waals surface area (Å²) in [5, 5.41) is 5.87. The van der Waals surface area contributed by atoms with Crippen molar-refractivity contribution in [2.45, 2.75) is 38.6 Å². The smallest absolute Gasteiger partial charge is 0.226 e. The molecular weight excluding hydrogens is 322 g/mol. The van der Waals surface area contributed by atoms with E-state index in [2.05, 4.69) is 32.2 Å². The minimum absolute atomic E-state index is 0.0275. The Labute approximate surface area is 146 Å². The van der Waals surface area contributed by atoms with Gasteiger partial charge in [0.2, 0.25) is 5.91 Å². The summed E-state index contributed by atoms with van der Waals surface area (Å²) in [5.74, 6) is 0.406. The summed E-state index contributed by atoms with van der Waals surface area (Å²) >= 11 is 1.56. The van der Waals surface area contributed by atoms with E-state index in [1.807, 2.05) is 12.3 Å². The first kappa shape index (κ1) is 17.0. The summed E-state index contributed by atoms with van der Waals surface area (Å²) in [4.78, 5) is 27.8. The quantitative estimate of drug-likeness (QED) is 0.896. The van der Waals surface area contributed by atoms with E-state index in [0.29, 0.717) is 18.9 Å². The van der Waals surface area contributed by atoms with Crippen molar-refractivity contribution in [3.8, 4) is 0 Å². The molecule has 0 spiro atoms. The van der Waals surface area contributed by atoms with Gasteiger partial charge in [0.25, 0.3) is 0 Å². The minimum atomic E-state index is -0.0275. The standard InChI is InChI=1S/C17H23N5OS/c1-12-21-14(11-24-12)9-16(23)20-10-15-17(19-6-5-18-15)13-3-7-22(2)8-4-13/h5-6,11,13H,3-4,7-10H2,1-2H3,(H,20,23). The molecule has 1 aliphatic rings. The number of thiazole rings is 1. The van der Waals surface area contributed by atoms with Gasteiger partial charge in [-0.25, -0.2) is 4.98 Å². The summed E-state index contributed by atoms with van der Waals surface area (Å²) in [7, 11) is 2.15. The van der Waals surface area contributed by atoms with Crippen LogP contribution in [0.3, 0.4) is 0 Å². The molecule has 0 aromatic carbocycles. The number of carbonyl (C=O) groups excluding carboxylic acids is 1. The van der Waals surface area contributed by atoms with E-state index in [4.69, 9.17) is 0 Å². The number of amides is 1. The number of nitrogens with one attached hydrogen (secondary N) is 1. The van der Waals surface area contributed by atoms with Crippen LogP contribution in [0.1, 0.15) is 40.8 Å². The zero-order chi connectivity index (χ0) is 16.9. The Bertz CT molecular complexity index is 694. The molecule has 1 fully saturated rings. The number of piperidine rings is 1. The number of nitrogens with zero attached hydrogens (tertiary/aromatic N) is 4. The lowest BCUT2D eigenvalue weighted by atomic mass is 9.92.